The van der Waals surface area contributed by atoms with Crippen molar-refractivity contribution < 1.29 is 9.53 Å². The number of nitrogens with one attached hydrogen (secondary N) is 2. The molecule has 0 spiro atoms. The molecule has 1 aliphatic heterocycles. The lowest BCUT2D eigenvalue weighted by Crippen LogP contribution is -2.40. The molecule has 3 atom stereocenters. The molecule has 0 saturated carbocycles. The molecule has 20 heavy (non-hydrogen) atoms. The van der Waals surface area contributed by atoms with E-state index in [2.05, 4.69) is 10.6 Å². The highest BCUT2D eigenvalue weighted by atomic mass is 16.5. The van der Waals surface area contributed by atoms with Crippen LogP contribution in [0.15, 0.2) is 24.3 Å². The Bertz CT molecular complexity index is 456. The summed E-state index contributed by atoms with van der Waals surface area (Å²) in [7, 11) is 0. The number of rotatable bonds is 4. The lowest BCUT2D eigenvalue weighted by Gasteiger charge is -2.19. The van der Waals surface area contributed by atoms with E-state index in [-0.39, 0.29) is 18.1 Å². The van der Waals surface area contributed by atoms with Gasteiger partial charge in [-0.2, -0.15) is 0 Å². The maximum atomic E-state index is 12.0. The third-order valence-electron chi connectivity index (χ3n) is 3.70. The zero-order valence-electron chi connectivity index (χ0n) is 12.1. The molecule has 1 fully saturated rings. The molecule has 0 radical (unpaired) electrons. The van der Waals surface area contributed by atoms with E-state index in [0.717, 1.165) is 30.9 Å². The molecule has 0 aromatic heterocycles. The van der Waals surface area contributed by atoms with Gasteiger partial charge < -0.3 is 21.1 Å². The summed E-state index contributed by atoms with van der Waals surface area (Å²) in [6.07, 6.45) is 1.00. The fourth-order valence-corrected chi connectivity index (χ4v) is 2.34. The average Bonchev–Trinajstić information content (AvgIpc) is 2.92. The van der Waals surface area contributed by atoms with Gasteiger partial charge in [0.15, 0.2) is 0 Å². The molecule has 1 heterocycles. The second kappa shape index (κ2) is 6.72. The topological polar surface area (TPSA) is 76.4 Å². The van der Waals surface area contributed by atoms with E-state index in [1.165, 1.54) is 0 Å². The molecule has 1 saturated heterocycles. The first-order chi connectivity index (χ1) is 9.56. The minimum atomic E-state index is -0.189. The van der Waals surface area contributed by atoms with Gasteiger partial charge in [-0.05, 0) is 38.0 Å². The number of benzene rings is 1. The fourth-order valence-electron chi connectivity index (χ4n) is 2.34. The SMILES string of the molecule is CC(N)c1cccc(NC(=O)NC(C)C2CCOC2)c1. The Labute approximate surface area is 119 Å². The smallest absolute Gasteiger partial charge is 0.319 e. The molecule has 1 aliphatic rings. The van der Waals surface area contributed by atoms with Gasteiger partial charge in [0, 0.05) is 30.3 Å². The van der Waals surface area contributed by atoms with Crippen molar-refractivity contribution in [3.8, 4) is 0 Å². The molecule has 4 N–H and O–H groups in total. The number of carbonyl (C=O) groups excluding carboxylic acids is 1. The third-order valence-corrected chi connectivity index (χ3v) is 3.70. The number of hydrogen-bond acceptors (Lipinski definition) is 3. The quantitative estimate of drug-likeness (QED) is 0.790. The molecular weight excluding hydrogens is 254 g/mol. The van der Waals surface area contributed by atoms with Gasteiger partial charge in [-0.15, -0.1) is 0 Å². The zero-order valence-corrected chi connectivity index (χ0v) is 12.1. The number of nitrogens with two attached hydrogens (primary N) is 1. The molecule has 5 nitrogen and oxygen atoms in total. The summed E-state index contributed by atoms with van der Waals surface area (Å²) in [6.45, 7) is 5.44. The van der Waals surface area contributed by atoms with Gasteiger partial charge in [-0.3, -0.25) is 0 Å². The van der Waals surface area contributed by atoms with Crippen LogP contribution in [0.2, 0.25) is 0 Å². The Morgan fingerprint density at radius 3 is 2.90 bits per heavy atom. The monoisotopic (exact) mass is 277 g/mol. The molecule has 3 unspecified atom stereocenters. The summed E-state index contributed by atoms with van der Waals surface area (Å²) in [4.78, 5) is 12.0. The van der Waals surface area contributed by atoms with Crippen LogP contribution in [-0.2, 0) is 4.74 Å². The average molecular weight is 277 g/mol. The lowest BCUT2D eigenvalue weighted by molar-refractivity contribution is 0.178. The Morgan fingerprint density at radius 1 is 1.45 bits per heavy atom. The fraction of sp³-hybridized carbons (Fsp3) is 0.533. The number of carbonyl (C=O) groups is 1. The normalized spacial score (nSPS) is 21.2. The van der Waals surface area contributed by atoms with Gasteiger partial charge in [-0.25, -0.2) is 4.79 Å². The van der Waals surface area contributed by atoms with Crippen molar-refractivity contribution in [2.45, 2.75) is 32.4 Å². The van der Waals surface area contributed by atoms with E-state index in [9.17, 15) is 4.79 Å². The van der Waals surface area contributed by atoms with Crippen molar-refractivity contribution in [3.05, 3.63) is 29.8 Å². The number of amides is 2. The highest BCUT2D eigenvalue weighted by Crippen LogP contribution is 2.17. The first-order valence-electron chi connectivity index (χ1n) is 7.07. The molecule has 5 heteroatoms. The Balaban J connectivity index is 1.89. The van der Waals surface area contributed by atoms with Crippen LogP contribution in [0.3, 0.4) is 0 Å². The number of hydrogen-bond donors (Lipinski definition) is 3. The summed E-state index contributed by atoms with van der Waals surface area (Å²) in [5.74, 6) is 0.399. The standard InChI is InChI=1S/C15H23N3O2/c1-10(16)12-4-3-5-14(8-12)18-15(19)17-11(2)13-6-7-20-9-13/h3-5,8,10-11,13H,6-7,9,16H2,1-2H3,(H2,17,18,19). The van der Waals surface area contributed by atoms with Crippen molar-refractivity contribution in [3.63, 3.8) is 0 Å². The maximum absolute atomic E-state index is 12.0. The maximum Gasteiger partial charge on any atom is 0.319 e. The van der Waals surface area contributed by atoms with Gasteiger partial charge in [0.05, 0.1) is 6.61 Å². The summed E-state index contributed by atoms with van der Waals surface area (Å²) >= 11 is 0. The highest BCUT2D eigenvalue weighted by molar-refractivity contribution is 5.89. The molecular formula is C15H23N3O2. The summed E-state index contributed by atoms with van der Waals surface area (Å²) in [5, 5.41) is 5.80. The van der Waals surface area contributed by atoms with E-state index in [4.69, 9.17) is 10.5 Å². The minimum absolute atomic E-state index is 0.0469. The van der Waals surface area contributed by atoms with Crippen LogP contribution in [0.5, 0.6) is 0 Å². The van der Waals surface area contributed by atoms with E-state index in [1.54, 1.807) is 0 Å². The second-order valence-corrected chi connectivity index (χ2v) is 5.42. The van der Waals surface area contributed by atoms with Crippen molar-refractivity contribution in [1.29, 1.82) is 0 Å². The van der Waals surface area contributed by atoms with Crippen LogP contribution >= 0.6 is 0 Å². The second-order valence-electron chi connectivity index (χ2n) is 5.42. The highest BCUT2D eigenvalue weighted by Gasteiger charge is 2.23. The predicted octanol–water partition coefficient (Wildman–Crippen LogP) is 2.25. The molecule has 2 rings (SSSR count). The van der Waals surface area contributed by atoms with Crippen LogP contribution in [0.1, 0.15) is 31.9 Å². The minimum Gasteiger partial charge on any atom is -0.381 e. The van der Waals surface area contributed by atoms with Gasteiger partial charge in [0.1, 0.15) is 0 Å². The third kappa shape index (κ3) is 3.95. The molecule has 0 aliphatic carbocycles. The van der Waals surface area contributed by atoms with Gasteiger partial charge in [-0.1, -0.05) is 12.1 Å². The van der Waals surface area contributed by atoms with Gasteiger partial charge >= 0.3 is 6.03 Å². The van der Waals surface area contributed by atoms with Gasteiger partial charge in [0.2, 0.25) is 0 Å². The predicted molar refractivity (Wildman–Crippen MR) is 79.6 cm³/mol. The molecule has 1 aromatic carbocycles. The van der Waals surface area contributed by atoms with Crippen molar-refractivity contribution in [2.75, 3.05) is 18.5 Å². The van der Waals surface area contributed by atoms with Crippen LogP contribution in [0.25, 0.3) is 0 Å². The van der Waals surface area contributed by atoms with E-state index >= 15 is 0 Å². The van der Waals surface area contributed by atoms with Crippen LogP contribution < -0.4 is 16.4 Å². The molecule has 1 aromatic rings. The lowest BCUT2D eigenvalue weighted by atomic mass is 10.0. The summed E-state index contributed by atoms with van der Waals surface area (Å²) < 4.78 is 5.33. The van der Waals surface area contributed by atoms with Crippen LogP contribution in [-0.4, -0.2) is 25.3 Å². The van der Waals surface area contributed by atoms with Crippen LogP contribution in [0.4, 0.5) is 10.5 Å². The number of ether oxygens (including phenoxy) is 1. The Kier molecular flexibility index (Phi) is 4.98. The van der Waals surface area contributed by atoms with Crippen LogP contribution in [0, 0.1) is 5.92 Å². The Morgan fingerprint density at radius 2 is 2.25 bits per heavy atom. The summed E-state index contributed by atoms with van der Waals surface area (Å²) in [5.41, 5.74) is 7.59. The molecule has 110 valence electrons. The van der Waals surface area contributed by atoms with E-state index < -0.39 is 0 Å². The van der Waals surface area contributed by atoms with E-state index in [1.807, 2.05) is 38.1 Å². The number of anilines is 1. The zero-order chi connectivity index (χ0) is 14.5. The first-order valence-corrected chi connectivity index (χ1v) is 7.07. The van der Waals surface area contributed by atoms with Crippen molar-refractivity contribution >= 4 is 11.7 Å². The largest absolute Gasteiger partial charge is 0.381 e. The van der Waals surface area contributed by atoms with Crippen molar-refractivity contribution in [2.24, 2.45) is 11.7 Å². The molecule has 2 amide bonds. The number of urea groups is 1. The molecule has 0 bridgehead atoms. The van der Waals surface area contributed by atoms with Crippen molar-refractivity contribution in [1.82, 2.24) is 5.32 Å². The first kappa shape index (κ1) is 14.8. The van der Waals surface area contributed by atoms with Gasteiger partial charge in [0.25, 0.3) is 0 Å². The van der Waals surface area contributed by atoms with E-state index in [0.29, 0.717) is 5.92 Å². The Hall–Kier alpha value is -1.59. The summed E-state index contributed by atoms with van der Waals surface area (Å²) in [6, 6.07) is 7.46.